The van der Waals surface area contributed by atoms with Crippen LogP contribution in [0.25, 0.3) is 16.7 Å². The topological polar surface area (TPSA) is 74.0 Å². The number of fused-ring (bicyclic) bond motifs is 1. The molecule has 6 heteroatoms. The van der Waals surface area contributed by atoms with E-state index in [4.69, 9.17) is 4.42 Å². The molecule has 2 heterocycles. The van der Waals surface area contributed by atoms with Crippen LogP contribution in [0.2, 0.25) is 0 Å². The van der Waals surface area contributed by atoms with Gasteiger partial charge in [-0.3, -0.25) is 14.5 Å². The zero-order chi connectivity index (χ0) is 32.5. The van der Waals surface area contributed by atoms with Crippen molar-refractivity contribution in [2.24, 2.45) is 0 Å². The molecule has 0 spiro atoms. The number of carbonyl (C=O) groups is 2. The fraction of sp³-hybridized carbons (Fsp3) is 0.385. The van der Waals surface area contributed by atoms with Gasteiger partial charge in [0.1, 0.15) is 11.8 Å². The summed E-state index contributed by atoms with van der Waals surface area (Å²) in [5, 5.41) is 12.7. The molecule has 1 aromatic heterocycles. The lowest BCUT2D eigenvalue weighted by atomic mass is 9.80. The third kappa shape index (κ3) is 6.98. The van der Waals surface area contributed by atoms with Crippen LogP contribution in [0.1, 0.15) is 92.5 Å². The van der Waals surface area contributed by atoms with Crippen LogP contribution in [0.15, 0.2) is 88.9 Å². The molecule has 0 bridgehead atoms. The molecule has 1 atom stereocenters. The average molecular weight is 607 g/mol. The van der Waals surface area contributed by atoms with E-state index in [-0.39, 0.29) is 35.5 Å². The van der Waals surface area contributed by atoms with Gasteiger partial charge < -0.3 is 14.4 Å². The molecule has 1 aliphatic rings. The lowest BCUT2D eigenvalue weighted by Gasteiger charge is -2.28. The van der Waals surface area contributed by atoms with E-state index >= 15 is 0 Å². The van der Waals surface area contributed by atoms with E-state index < -0.39 is 6.23 Å². The van der Waals surface area contributed by atoms with Crippen molar-refractivity contribution in [2.75, 3.05) is 26.2 Å². The summed E-state index contributed by atoms with van der Waals surface area (Å²) in [5.74, 6) is 0.563. The lowest BCUT2D eigenvalue weighted by Crippen LogP contribution is -2.36. The Kier molecular flexibility index (Phi) is 9.20. The fourth-order valence-corrected chi connectivity index (χ4v) is 6.06. The molecule has 45 heavy (non-hydrogen) atoms. The molecule has 0 radical (unpaired) electrons. The second kappa shape index (κ2) is 12.8. The van der Waals surface area contributed by atoms with Gasteiger partial charge in [-0.15, -0.1) is 0 Å². The number of benzene rings is 3. The number of nitrogens with zero attached hydrogens (tertiary/aromatic N) is 2. The van der Waals surface area contributed by atoms with Crippen molar-refractivity contribution in [3.8, 4) is 0 Å². The van der Waals surface area contributed by atoms with Gasteiger partial charge in [0, 0.05) is 40.7 Å². The van der Waals surface area contributed by atoms with Gasteiger partial charge in [0.2, 0.25) is 0 Å². The second-order valence-electron chi connectivity index (χ2n) is 14.1. The highest BCUT2D eigenvalue weighted by atomic mass is 16.3. The van der Waals surface area contributed by atoms with E-state index in [1.54, 1.807) is 17.0 Å². The van der Waals surface area contributed by atoms with Gasteiger partial charge in [0.15, 0.2) is 17.3 Å². The van der Waals surface area contributed by atoms with Crippen LogP contribution in [-0.2, 0) is 10.8 Å². The number of likely N-dealkylation sites (N-methyl/N-ethyl adjacent to an activating group) is 1. The second-order valence-corrected chi connectivity index (χ2v) is 14.1. The molecule has 6 nitrogen and oxygen atoms in total. The van der Waals surface area contributed by atoms with Crippen LogP contribution in [-0.4, -0.2) is 58.9 Å². The van der Waals surface area contributed by atoms with E-state index in [1.807, 2.05) is 60.4 Å². The first kappa shape index (κ1) is 32.4. The molecule has 0 saturated carbocycles. The van der Waals surface area contributed by atoms with Crippen molar-refractivity contribution in [1.82, 2.24) is 9.80 Å². The first-order chi connectivity index (χ1) is 21.3. The molecule has 5 rings (SSSR count). The van der Waals surface area contributed by atoms with E-state index in [9.17, 15) is 14.7 Å². The highest BCUT2D eigenvalue weighted by molar-refractivity contribution is 5.99. The number of likely N-dealkylation sites (tertiary alicyclic amines) is 1. The zero-order valence-corrected chi connectivity index (χ0v) is 27.7. The van der Waals surface area contributed by atoms with Gasteiger partial charge in [0.05, 0.1) is 18.8 Å². The summed E-state index contributed by atoms with van der Waals surface area (Å²) in [7, 11) is 0. The summed E-state index contributed by atoms with van der Waals surface area (Å²) in [6.07, 6.45) is -0.445. The van der Waals surface area contributed by atoms with Crippen LogP contribution in [0.5, 0.6) is 0 Å². The summed E-state index contributed by atoms with van der Waals surface area (Å²) in [5.41, 5.74) is 5.66. The Morgan fingerprint density at radius 2 is 1.47 bits per heavy atom. The van der Waals surface area contributed by atoms with Crippen molar-refractivity contribution in [3.05, 3.63) is 112 Å². The molecular weight excluding hydrogens is 560 g/mol. The molecule has 1 N–H and O–H groups in total. The zero-order valence-electron chi connectivity index (χ0n) is 27.7. The number of aliphatic hydroxyl groups excluding tert-OH is 1. The van der Waals surface area contributed by atoms with Crippen molar-refractivity contribution < 1.29 is 19.1 Å². The van der Waals surface area contributed by atoms with E-state index in [1.165, 1.54) is 5.56 Å². The Labute approximate surface area is 267 Å². The Morgan fingerprint density at radius 1 is 0.867 bits per heavy atom. The largest absolute Gasteiger partial charge is 0.454 e. The van der Waals surface area contributed by atoms with Crippen LogP contribution >= 0.6 is 0 Å². The van der Waals surface area contributed by atoms with Crippen LogP contribution in [0, 0.1) is 0 Å². The highest BCUT2D eigenvalue weighted by Crippen LogP contribution is 2.40. The third-order valence-electron chi connectivity index (χ3n) is 8.72. The van der Waals surface area contributed by atoms with E-state index in [2.05, 4.69) is 59.7 Å². The first-order valence-corrected chi connectivity index (χ1v) is 15.9. The summed E-state index contributed by atoms with van der Waals surface area (Å²) in [6, 6.07) is 25.0. The Bertz CT molecular complexity index is 1710. The number of carbonyl (C=O) groups excluding carboxylic acids is 2. The minimum absolute atomic E-state index is 0.0133. The number of Topliss-reactive ketones (excluding diaryl/α,β-unsaturated/α-hetero) is 2. The molecule has 0 aliphatic carbocycles. The number of hydrogen-bond donors (Lipinski definition) is 1. The van der Waals surface area contributed by atoms with Crippen LogP contribution in [0.4, 0.5) is 0 Å². The Morgan fingerprint density at radius 3 is 2.02 bits per heavy atom. The summed E-state index contributed by atoms with van der Waals surface area (Å²) >= 11 is 0. The molecule has 3 aromatic carbocycles. The number of ketones is 2. The van der Waals surface area contributed by atoms with Gasteiger partial charge in [-0.1, -0.05) is 108 Å². The maximum atomic E-state index is 13.5. The molecule has 1 aliphatic heterocycles. The minimum Gasteiger partial charge on any atom is -0.454 e. The van der Waals surface area contributed by atoms with Gasteiger partial charge >= 0.3 is 0 Å². The Balaban J connectivity index is 1.62. The summed E-state index contributed by atoms with van der Waals surface area (Å²) < 4.78 is 6.76. The predicted molar refractivity (Wildman–Crippen MR) is 182 cm³/mol. The molecule has 0 amide bonds. The normalized spacial score (nSPS) is 17.1. The molecule has 1 saturated heterocycles. The number of aliphatic hydroxyl groups is 1. The quantitative estimate of drug-likeness (QED) is 0.196. The molecule has 4 aromatic rings. The summed E-state index contributed by atoms with van der Waals surface area (Å²) in [6.45, 7) is 16.5. The number of furan rings is 1. The summed E-state index contributed by atoms with van der Waals surface area (Å²) in [4.78, 5) is 30.4. The van der Waals surface area contributed by atoms with Crippen molar-refractivity contribution in [3.63, 3.8) is 0 Å². The van der Waals surface area contributed by atoms with Gasteiger partial charge in [-0.05, 0) is 41.9 Å². The Hall–Kier alpha value is -4.00. The molecule has 236 valence electrons. The molecular formula is C39H46N2O4. The van der Waals surface area contributed by atoms with Crippen LogP contribution in [0.3, 0.4) is 0 Å². The highest BCUT2D eigenvalue weighted by Gasteiger charge is 2.35. The average Bonchev–Trinajstić information content (AvgIpc) is 3.59. The molecule has 1 fully saturated rings. The van der Waals surface area contributed by atoms with Crippen molar-refractivity contribution in [2.45, 2.75) is 71.9 Å². The number of rotatable bonds is 9. The van der Waals surface area contributed by atoms with Gasteiger partial charge in [-0.25, -0.2) is 0 Å². The minimum atomic E-state index is -0.992. The first-order valence-electron chi connectivity index (χ1n) is 15.9. The maximum Gasteiger partial charge on any atom is 0.182 e. The van der Waals surface area contributed by atoms with Crippen molar-refractivity contribution in [1.29, 1.82) is 0 Å². The fourth-order valence-electron chi connectivity index (χ4n) is 6.06. The maximum absolute atomic E-state index is 13.5. The predicted octanol–water partition coefficient (Wildman–Crippen LogP) is 7.85. The van der Waals surface area contributed by atoms with E-state index in [0.29, 0.717) is 36.4 Å². The smallest absolute Gasteiger partial charge is 0.182 e. The monoisotopic (exact) mass is 606 g/mol. The van der Waals surface area contributed by atoms with Gasteiger partial charge in [0.25, 0.3) is 0 Å². The third-order valence-corrected chi connectivity index (χ3v) is 8.72. The van der Waals surface area contributed by atoms with E-state index in [0.717, 1.165) is 27.8 Å². The standard InChI is InChI=1S/C39H46N2O4/c1-8-40(24-32(42)26-15-11-9-12-16-26)35(30-19-20-41(37(30)44)25-33(43)27-17-13-10-14-18-27)34-22-28-21-29(38(2,3)4)23-31(36(28)45-34)39(5,6)7/h9-18,21-23,37,44H,8,19-20,24-25H2,1-7H3/b35-30+. The van der Waals surface area contributed by atoms with Crippen LogP contribution < -0.4 is 0 Å². The van der Waals surface area contributed by atoms with Crippen molar-refractivity contribution >= 4 is 28.2 Å². The number of hydrogen-bond acceptors (Lipinski definition) is 6. The lowest BCUT2D eigenvalue weighted by molar-refractivity contribution is 0.0542. The molecule has 1 unspecified atom stereocenters. The SMILES string of the molecule is CCN(CC(=O)c1ccccc1)/C(=C1\CCN(CC(=O)c2ccccc2)C1O)c1cc2cc(C(C)(C)C)cc(C(C)(C)C)c2o1. The van der Waals surface area contributed by atoms with Gasteiger partial charge in [-0.2, -0.15) is 0 Å².